The smallest absolute Gasteiger partial charge is 0.185 e. The van der Waals surface area contributed by atoms with Crippen LogP contribution in [0.2, 0.25) is 5.02 Å². The maximum atomic E-state index is 12.7. The van der Waals surface area contributed by atoms with Crippen LogP contribution in [0.5, 0.6) is 0 Å². The number of nitrogens with zero attached hydrogens (tertiary/aromatic N) is 3. The molecule has 0 bridgehead atoms. The maximum Gasteiger partial charge on any atom is 0.185 e. The lowest BCUT2D eigenvalue weighted by Crippen LogP contribution is -2.08. The Kier molecular flexibility index (Phi) is 4.44. The van der Waals surface area contributed by atoms with Crippen LogP contribution in [0, 0.1) is 0 Å². The van der Waals surface area contributed by atoms with Crippen LogP contribution in [0.15, 0.2) is 65.1 Å². The first-order chi connectivity index (χ1) is 12.5. The number of aromatic nitrogens is 3. The van der Waals surface area contributed by atoms with Crippen LogP contribution in [-0.4, -0.2) is 23.4 Å². The van der Waals surface area contributed by atoms with Crippen molar-refractivity contribution in [3.05, 3.63) is 71.1 Å². The molecule has 1 aromatic carbocycles. The Labute approximate surface area is 159 Å². The van der Waals surface area contributed by atoms with Gasteiger partial charge in [-0.05, 0) is 41.8 Å². The van der Waals surface area contributed by atoms with Gasteiger partial charge in [-0.1, -0.05) is 17.7 Å². The normalized spacial score (nSPS) is 11.7. The molecule has 8 heteroatoms. The average Bonchev–Trinajstić information content (AvgIpc) is 3.10. The van der Waals surface area contributed by atoms with Crippen molar-refractivity contribution in [3.8, 4) is 11.3 Å². The number of thiophene rings is 1. The molecule has 0 unspecified atom stereocenters. The van der Waals surface area contributed by atoms with Crippen molar-refractivity contribution < 1.29 is 8.42 Å². The Morgan fingerprint density at radius 2 is 1.85 bits per heavy atom. The third-order valence-corrected chi connectivity index (χ3v) is 6.53. The fraction of sp³-hybridized carbons (Fsp3) is 0.0556. The van der Waals surface area contributed by atoms with E-state index in [-0.39, 0.29) is 16.5 Å². The number of sulfone groups is 1. The van der Waals surface area contributed by atoms with E-state index in [9.17, 15) is 8.42 Å². The maximum absolute atomic E-state index is 12.7. The highest BCUT2D eigenvalue weighted by molar-refractivity contribution is 7.90. The van der Waals surface area contributed by atoms with Crippen molar-refractivity contribution in [1.29, 1.82) is 0 Å². The van der Waals surface area contributed by atoms with E-state index in [0.29, 0.717) is 10.7 Å². The number of pyridine rings is 1. The van der Waals surface area contributed by atoms with Crippen LogP contribution in [0.1, 0.15) is 5.82 Å². The van der Waals surface area contributed by atoms with Crippen molar-refractivity contribution in [1.82, 2.24) is 15.0 Å². The lowest BCUT2D eigenvalue weighted by molar-refractivity contribution is 0.594. The number of hydrogen-bond donors (Lipinski definition) is 0. The Balaban J connectivity index is 1.80. The molecule has 5 nitrogen and oxygen atoms in total. The number of halogens is 1. The molecule has 0 saturated heterocycles. The Bertz CT molecular complexity index is 1190. The molecule has 3 heterocycles. The minimum atomic E-state index is -3.60. The first-order valence-electron chi connectivity index (χ1n) is 7.66. The highest BCUT2D eigenvalue weighted by Gasteiger charge is 2.20. The molecule has 0 N–H and O–H groups in total. The Morgan fingerprint density at radius 3 is 2.62 bits per heavy atom. The number of rotatable bonds is 4. The Hall–Kier alpha value is -2.35. The van der Waals surface area contributed by atoms with Crippen LogP contribution in [0.3, 0.4) is 0 Å². The molecular formula is C18H12ClN3O2S2. The zero-order valence-electron chi connectivity index (χ0n) is 13.3. The van der Waals surface area contributed by atoms with Crippen molar-refractivity contribution in [2.75, 3.05) is 0 Å². The van der Waals surface area contributed by atoms with Crippen molar-refractivity contribution >= 4 is 43.0 Å². The molecule has 0 radical (unpaired) electrons. The van der Waals surface area contributed by atoms with E-state index in [1.165, 1.54) is 23.5 Å². The molecule has 0 aliphatic rings. The van der Waals surface area contributed by atoms with Gasteiger partial charge in [-0.25, -0.2) is 18.4 Å². The van der Waals surface area contributed by atoms with E-state index in [1.54, 1.807) is 24.5 Å². The monoisotopic (exact) mass is 401 g/mol. The molecule has 0 aliphatic heterocycles. The van der Waals surface area contributed by atoms with Crippen molar-refractivity contribution in [2.45, 2.75) is 10.6 Å². The van der Waals surface area contributed by atoms with Gasteiger partial charge < -0.3 is 0 Å². The second-order valence-electron chi connectivity index (χ2n) is 5.58. The van der Waals surface area contributed by atoms with Gasteiger partial charge >= 0.3 is 0 Å². The fourth-order valence-corrected chi connectivity index (χ4v) is 4.92. The summed E-state index contributed by atoms with van der Waals surface area (Å²) in [7, 11) is -3.60. The topological polar surface area (TPSA) is 72.8 Å². The zero-order valence-corrected chi connectivity index (χ0v) is 15.7. The number of benzene rings is 1. The first kappa shape index (κ1) is 17.1. The third kappa shape index (κ3) is 3.33. The summed E-state index contributed by atoms with van der Waals surface area (Å²) in [6.45, 7) is 0. The standard InChI is InChI=1S/C18H12ClN3O2S2/c19-13-2-1-3-14(10-13)26(23,24)11-16-21-15-6-9-25-18(15)17(22-16)12-4-7-20-8-5-12/h1-10H,11H2. The van der Waals surface area contributed by atoms with E-state index < -0.39 is 9.84 Å². The van der Waals surface area contributed by atoms with Crippen LogP contribution in [-0.2, 0) is 15.6 Å². The van der Waals surface area contributed by atoms with Crippen LogP contribution >= 0.6 is 22.9 Å². The predicted molar refractivity (Wildman–Crippen MR) is 103 cm³/mol. The molecule has 3 aromatic heterocycles. The lowest BCUT2D eigenvalue weighted by atomic mass is 10.2. The summed E-state index contributed by atoms with van der Waals surface area (Å²) in [5.41, 5.74) is 2.31. The quantitative estimate of drug-likeness (QED) is 0.507. The molecule has 130 valence electrons. The largest absolute Gasteiger partial charge is 0.265 e. The van der Waals surface area contributed by atoms with E-state index >= 15 is 0 Å². The summed E-state index contributed by atoms with van der Waals surface area (Å²) in [6.07, 6.45) is 3.36. The first-order valence-corrected chi connectivity index (χ1v) is 10.6. The summed E-state index contributed by atoms with van der Waals surface area (Å²) in [5.74, 6) is -0.0419. The average molecular weight is 402 g/mol. The summed E-state index contributed by atoms with van der Waals surface area (Å²) >= 11 is 7.44. The minimum Gasteiger partial charge on any atom is -0.265 e. The van der Waals surface area contributed by atoms with Crippen LogP contribution in [0.4, 0.5) is 0 Å². The highest BCUT2D eigenvalue weighted by atomic mass is 35.5. The molecule has 0 spiro atoms. The van der Waals surface area contributed by atoms with Gasteiger partial charge in [0.2, 0.25) is 0 Å². The van der Waals surface area contributed by atoms with Crippen molar-refractivity contribution in [2.24, 2.45) is 0 Å². The second-order valence-corrected chi connectivity index (χ2v) is 8.92. The molecule has 0 amide bonds. The highest BCUT2D eigenvalue weighted by Crippen LogP contribution is 2.30. The van der Waals surface area contributed by atoms with Crippen LogP contribution < -0.4 is 0 Å². The Morgan fingerprint density at radius 1 is 1.04 bits per heavy atom. The molecule has 0 fully saturated rings. The number of fused-ring (bicyclic) bond motifs is 1. The second kappa shape index (κ2) is 6.75. The molecule has 0 aliphatic carbocycles. The van der Waals surface area contributed by atoms with E-state index in [0.717, 1.165) is 15.8 Å². The fourth-order valence-electron chi connectivity index (χ4n) is 2.60. The van der Waals surface area contributed by atoms with Gasteiger partial charge in [0.25, 0.3) is 0 Å². The van der Waals surface area contributed by atoms with Gasteiger partial charge in [0.15, 0.2) is 9.84 Å². The van der Waals surface area contributed by atoms with E-state index in [4.69, 9.17) is 11.6 Å². The third-order valence-electron chi connectivity index (χ3n) is 3.78. The molecule has 0 saturated carbocycles. The predicted octanol–water partition coefficient (Wildman–Crippen LogP) is 4.38. The van der Waals surface area contributed by atoms with Crippen molar-refractivity contribution in [3.63, 3.8) is 0 Å². The van der Waals surface area contributed by atoms with Gasteiger partial charge in [-0.3, -0.25) is 4.98 Å². The summed E-state index contributed by atoms with van der Waals surface area (Å²) in [6, 6.07) is 11.8. The molecule has 4 aromatic rings. The lowest BCUT2D eigenvalue weighted by Gasteiger charge is -2.08. The minimum absolute atomic E-state index is 0.157. The molecule has 4 rings (SSSR count). The summed E-state index contributed by atoms with van der Waals surface area (Å²) < 4.78 is 26.4. The molecular weight excluding hydrogens is 390 g/mol. The summed E-state index contributed by atoms with van der Waals surface area (Å²) in [4.78, 5) is 13.1. The van der Waals surface area contributed by atoms with Gasteiger partial charge in [-0.2, -0.15) is 0 Å². The zero-order chi connectivity index (χ0) is 18.1. The molecule has 26 heavy (non-hydrogen) atoms. The van der Waals surface area contributed by atoms with Gasteiger partial charge in [-0.15, -0.1) is 11.3 Å². The van der Waals surface area contributed by atoms with Gasteiger partial charge in [0.05, 0.1) is 20.8 Å². The van der Waals surface area contributed by atoms with Gasteiger partial charge in [0, 0.05) is 23.0 Å². The van der Waals surface area contributed by atoms with E-state index in [2.05, 4.69) is 15.0 Å². The van der Waals surface area contributed by atoms with Gasteiger partial charge in [0.1, 0.15) is 11.6 Å². The molecule has 0 atom stereocenters. The number of hydrogen-bond acceptors (Lipinski definition) is 6. The SMILES string of the molecule is O=S(=O)(Cc1nc(-c2ccncc2)c2sccc2n1)c1cccc(Cl)c1. The van der Waals surface area contributed by atoms with Crippen LogP contribution in [0.25, 0.3) is 21.5 Å². The summed E-state index contributed by atoms with van der Waals surface area (Å²) in [5, 5.41) is 2.29. The van der Waals surface area contributed by atoms with E-state index in [1.807, 2.05) is 23.6 Å².